The normalized spacial score (nSPS) is 20.4. The quantitative estimate of drug-likeness (QED) is 0.805. The van der Waals surface area contributed by atoms with E-state index in [0.29, 0.717) is 30.4 Å². The van der Waals surface area contributed by atoms with Gasteiger partial charge in [0.15, 0.2) is 5.82 Å². The van der Waals surface area contributed by atoms with Crippen molar-refractivity contribution in [1.29, 1.82) is 0 Å². The lowest BCUT2D eigenvalue weighted by atomic mass is 9.94. The molecule has 9 heteroatoms. The third-order valence-corrected chi connectivity index (χ3v) is 5.95. The van der Waals surface area contributed by atoms with Crippen LogP contribution in [-0.2, 0) is 17.4 Å². The van der Waals surface area contributed by atoms with Gasteiger partial charge in [-0.2, -0.15) is 13.2 Å². The van der Waals surface area contributed by atoms with E-state index in [4.69, 9.17) is 0 Å². The zero-order valence-electron chi connectivity index (χ0n) is 16.8. The molecule has 30 heavy (non-hydrogen) atoms. The van der Waals surface area contributed by atoms with Gasteiger partial charge in [-0.05, 0) is 63.5 Å². The molecule has 0 aliphatic carbocycles. The molecule has 2 aliphatic rings. The van der Waals surface area contributed by atoms with E-state index in [9.17, 15) is 23.1 Å². The Bertz CT molecular complexity index is 993. The average molecular weight is 420 g/mol. The summed E-state index contributed by atoms with van der Waals surface area (Å²) in [6, 6.07) is 2.85. The number of benzene rings is 1. The van der Waals surface area contributed by atoms with Crippen LogP contribution in [0.5, 0.6) is 5.75 Å². The second kappa shape index (κ2) is 7.54. The van der Waals surface area contributed by atoms with Crippen LogP contribution in [0.2, 0.25) is 0 Å². The summed E-state index contributed by atoms with van der Waals surface area (Å²) in [7, 11) is 2.02. The van der Waals surface area contributed by atoms with Crippen molar-refractivity contribution < 1.29 is 23.1 Å². The molecule has 1 saturated heterocycles. The molecule has 0 unspecified atom stereocenters. The summed E-state index contributed by atoms with van der Waals surface area (Å²) in [5.74, 6) is 0.0423. The van der Waals surface area contributed by atoms with Crippen LogP contribution in [0.4, 0.5) is 19.0 Å². The Balaban J connectivity index is 1.74. The van der Waals surface area contributed by atoms with Gasteiger partial charge >= 0.3 is 6.18 Å². The zero-order chi connectivity index (χ0) is 21.6. The van der Waals surface area contributed by atoms with Crippen molar-refractivity contribution in [3.63, 3.8) is 0 Å². The summed E-state index contributed by atoms with van der Waals surface area (Å²) >= 11 is 0. The number of phenols is 1. The van der Waals surface area contributed by atoms with Crippen molar-refractivity contribution in [1.82, 2.24) is 15.1 Å². The third kappa shape index (κ3) is 3.62. The lowest BCUT2D eigenvalue weighted by Gasteiger charge is -2.40. The first-order chi connectivity index (χ1) is 14.2. The van der Waals surface area contributed by atoms with E-state index >= 15 is 0 Å². The van der Waals surface area contributed by atoms with Gasteiger partial charge in [-0.15, -0.1) is 10.2 Å². The lowest BCUT2D eigenvalue weighted by molar-refractivity contribution is -0.137. The fourth-order valence-electron chi connectivity index (χ4n) is 4.40. The summed E-state index contributed by atoms with van der Waals surface area (Å²) in [5, 5.41) is 18.7. The van der Waals surface area contributed by atoms with Crippen molar-refractivity contribution >= 4 is 11.7 Å². The first kappa shape index (κ1) is 20.6. The third-order valence-electron chi connectivity index (χ3n) is 5.95. The van der Waals surface area contributed by atoms with Gasteiger partial charge in [-0.25, -0.2) is 0 Å². The number of anilines is 1. The number of aromatic hydroxyl groups is 1. The molecule has 1 atom stereocenters. The van der Waals surface area contributed by atoms with E-state index in [2.05, 4.69) is 15.1 Å². The van der Waals surface area contributed by atoms with Crippen LogP contribution in [0.3, 0.4) is 0 Å². The first-order valence-corrected chi connectivity index (χ1v) is 9.94. The molecule has 0 spiro atoms. The number of fused-ring (bicyclic) bond motifs is 1. The summed E-state index contributed by atoms with van der Waals surface area (Å²) in [4.78, 5) is 16.6. The van der Waals surface area contributed by atoms with Crippen molar-refractivity contribution in [2.45, 2.75) is 44.8 Å². The van der Waals surface area contributed by atoms with E-state index < -0.39 is 17.5 Å². The maximum atomic E-state index is 12.9. The van der Waals surface area contributed by atoms with E-state index in [0.717, 1.165) is 43.1 Å². The Morgan fingerprint density at radius 3 is 2.63 bits per heavy atom. The van der Waals surface area contributed by atoms with Crippen LogP contribution < -0.4 is 4.90 Å². The fourth-order valence-corrected chi connectivity index (χ4v) is 4.40. The van der Waals surface area contributed by atoms with Crippen LogP contribution in [0, 0.1) is 6.92 Å². The molecule has 2 aromatic rings. The standard InChI is InChI=1S/C21H23F3N4O2/c1-12-15-7-8-18(30)28(14-4-3-9-27(2)11-14)20(15)26-25-19(12)16-6-5-13(10-17(16)29)21(22,23)24/h5-6,10,14,29H,3-4,7-9,11H2,1-2H3/t14-/m1/s1. The van der Waals surface area contributed by atoms with Gasteiger partial charge in [0.2, 0.25) is 5.91 Å². The van der Waals surface area contributed by atoms with E-state index in [1.165, 1.54) is 6.07 Å². The van der Waals surface area contributed by atoms with Gasteiger partial charge in [0.1, 0.15) is 5.75 Å². The Kier molecular flexibility index (Phi) is 5.17. The zero-order valence-corrected chi connectivity index (χ0v) is 16.8. The number of phenolic OH excluding ortho intramolecular Hbond substituents is 1. The number of carbonyl (C=O) groups is 1. The number of amides is 1. The molecule has 1 aromatic carbocycles. The van der Waals surface area contributed by atoms with Crippen molar-refractivity contribution in [2.75, 3.05) is 25.0 Å². The SMILES string of the molecule is Cc1c(-c2ccc(C(F)(F)F)cc2O)nnc2c1CCC(=O)N2[C@@H]1CCCN(C)C1. The predicted molar refractivity (Wildman–Crippen MR) is 105 cm³/mol. The molecule has 3 heterocycles. The number of halogens is 3. The van der Waals surface area contributed by atoms with Crippen LogP contribution >= 0.6 is 0 Å². The highest BCUT2D eigenvalue weighted by molar-refractivity contribution is 5.96. The number of hydrogen-bond acceptors (Lipinski definition) is 5. The van der Waals surface area contributed by atoms with Crippen molar-refractivity contribution in [3.05, 3.63) is 34.9 Å². The van der Waals surface area contributed by atoms with E-state index in [1.807, 2.05) is 7.05 Å². The summed E-state index contributed by atoms with van der Waals surface area (Å²) in [6.45, 7) is 3.55. The summed E-state index contributed by atoms with van der Waals surface area (Å²) in [6.07, 6.45) is -1.83. The first-order valence-electron chi connectivity index (χ1n) is 9.94. The second-order valence-electron chi connectivity index (χ2n) is 8.03. The van der Waals surface area contributed by atoms with Crippen LogP contribution in [0.15, 0.2) is 18.2 Å². The molecular formula is C21H23F3N4O2. The number of aromatic nitrogens is 2. The molecule has 0 bridgehead atoms. The monoisotopic (exact) mass is 420 g/mol. The van der Waals surface area contributed by atoms with E-state index in [1.54, 1.807) is 11.8 Å². The van der Waals surface area contributed by atoms with Crippen molar-refractivity contribution in [3.8, 4) is 17.0 Å². The molecule has 1 N–H and O–H groups in total. The van der Waals surface area contributed by atoms with Gasteiger partial charge in [0.05, 0.1) is 17.3 Å². The number of piperidine rings is 1. The highest BCUT2D eigenvalue weighted by atomic mass is 19.4. The van der Waals surface area contributed by atoms with E-state index in [-0.39, 0.29) is 17.5 Å². The van der Waals surface area contributed by atoms with Gasteiger partial charge in [0.25, 0.3) is 0 Å². The number of likely N-dealkylation sites (tertiary alicyclic amines) is 1. The molecule has 2 aliphatic heterocycles. The molecule has 1 fully saturated rings. The molecule has 160 valence electrons. The molecular weight excluding hydrogens is 397 g/mol. The number of hydrogen-bond donors (Lipinski definition) is 1. The topological polar surface area (TPSA) is 69.6 Å². The highest BCUT2D eigenvalue weighted by Gasteiger charge is 2.36. The Hall–Kier alpha value is -2.68. The number of likely N-dealkylation sites (N-methyl/N-ethyl adjacent to an activating group) is 1. The van der Waals surface area contributed by atoms with Crippen LogP contribution in [0.25, 0.3) is 11.3 Å². The van der Waals surface area contributed by atoms with Gasteiger partial charge in [-0.1, -0.05) is 0 Å². The molecule has 1 aromatic heterocycles. The average Bonchev–Trinajstić information content (AvgIpc) is 2.68. The molecule has 0 saturated carbocycles. The second-order valence-corrected chi connectivity index (χ2v) is 8.03. The fraction of sp³-hybridized carbons (Fsp3) is 0.476. The molecule has 1 amide bonds. The molecule has 6 nitrogen and oxygen atoms in total. The van der Waals surface area contributed by atoms with Crippen LogP contribution in [0.1, 0.15) is 36.0 Å². The number of nitrogens with zero attached hydrogens (tertiary/aromatic N) is 4. The Morgan fingerprint density at radius 2 is 1.97 bits per heavy atom. The van der Waals surface area contributed by atoms with Crippen LogP contribution in [-0.4, -0.2) is 52.3 Å². The summed E-state index contributed by atoms with van der Waals surface area (Å²) in [5.41, 5.74) is 1.17. The lowest BCUT2D eigenvalue weighted by Crippen LogP contribution is -2.51. The van der Waals surface area contributed by atoms with Gasteiger partial charge in [-0.3, -0.25) is 9.69 Å². The van der Waals surface area contributed by atoms with Crippen molar-refractivity contribution in [2.24, 2.45) is 0 Å². The minimum atomic E-state index is -4.54. The van der Waals surface area contributed by atoms with Gasteiger partial charge in [0, 0.05) is 24.1 Å². The minimum absolute atomic E-state index is 0.0154. The maximum Gasteiger partial charge on any atom is 0.416 e. The predicted octanol–water partition coefficient (Wildman–Crippen LogP) is 3.55. The largest absolute Gasteiger partial charge is 0.507 e. The maximum absolute atomic E-state index is 12.9. The molecule has 4 rings (SSSR count). The number of carbonyl (C=O) groups excluding carboxylic acids is 1. The Labute approximate surface area is 172 Å². The Morgan fingerprint density at radius 1 is 1.20 bits per heavy atom. The minimum Gasteiger partial charge on any atom is -0.507 e. The summed E-state index contributed by atoms with van der Waals surface area (Å²) < 4.78 is 38.7. The highest BCUT2D eigenvalue weighted by Crippen LogP contribution is 2.39. The molecule has 0 radical (unpaired) electrons. The smallest absolute Gasteiger partial charge is 0.416 e. The van der Waals surface area contributed by atoms with Gasteiger partial charge < -0.3 is 10.0 Å². The number of rotatable bonds is 2. The number of alkyl halides is 3.